The van der Waals surface area contributed by atoms with Gasteiger partial charge in [0.05, 0.1) is 18.2 Å². The number of hydrogen-bond donors (Lipinski definition) is 1. The zero-order valence-electron chi connectivity index (χ0n) is 18.7. The fraction of sp³-hybridized carbons (Fsp3) is 0.231. The molecular weight excluding hydrogens is 406 g/mol. The molecule has 1 atom stereocenters. The summed E-state index contributed by atoms with van der Waals surface area (Å²) < 4.78 is 11.4. The van der Waals surface area contributed by atoms with Crippen LogP contribution >= 0.6 is 0 Å². The number of nitrogens with zero attached hydrogens (tertiary/aromatic N) is 1. The largest absolute Gasteiger partial charge is 0.507 e. The fourth-order valence-corrected chi connectivity index (χ4v) is 4.29. The Morgan fingerprint density at radius 1 is 1.00 bits per heavy atom. The molecule has 6 heteroatoms. The molecule has 1 fully saturated rings. The molecule has 0 spiro atoms. The number of furan rings is 1. The van der Waals surface area contributed by atoms with Crippen LogP contribution < -0.4 is 9.64 Å². The molecular formula is C26H25NO5. The molecule has 1 aromatic heterocycles. The van der Waals surface area contributed by atoms with Crippen molar-refractivity contribution in [3.05, 3.63) is 87.9 Å². The van der Waals surface area contributed by atoms with E-state index in [1.165, 1.54) is 12.0 Å². The molecule has 2 heterocycles. The zero-order valence-corrected chi connectivity index (χ0v) is 18.7. The summed E-state index contributed by atoms with van der Waals surface area (Å²) in [5.74, 6) is -0.304. The highest BCUT2D eigenvalue weighted by Gasteiger charge is 2.48. The normalized spacial score (nSPS) is 17.8. The Kier molecular flexibility index (Phi) is 5.38. The highest BCUT2D eigenvalue weighted by Crippen LogP contribution is 2.44. The van der Waals surface area contributed by atoms with E-state index in [1.807, 2.05) is 45.0 Å². The van der Waals surface area contributed by atoms with Crippen molar-refractivity contribution in [2.24, 2.45) is 0 Å². The van der Waals surface area contributed by atoms with Crippen LogP contribution in [-0.4, -0.2) is 23.9 Å². The first kappa shape index (κ1) is 21.4. The SMILES string of the molecule is COc1c(C)cc(C)cc1/C(O)=C1\C(=O)C(=O)N(c2cccc(C)c2)C1c1ccc(C)o1. The number of aliphatic hydroxyl groups excluding tert-OH is 1. The van der Waals surface area contributed by atoms with Gasteiger partial charge in [0.25, 0.3) is 11.7 Å². The molecule has 1 amide bonds. The van der Waals surface area contributed by atoms with E-state index in [1.54, 1.807) is 31.2 Å². The van der Waals surface area contributed by atoms with E-state index in [0.29, 0.717) is 28.5 Å². The molecule has 1 unspecified atom stereocenters. The Labute approximate surface area is 186 Å². The van der Waals surface area contributed by atoms with E-state index < -0.39 is 17.7 Å². The number of carbonyl (C=O) groups is 2. The quantitative estimate of drug-likeness (QED) is 0.351. The van der Waals surface area contributed by atoms with Gasteiger partial charge in [-0.2, -0.15) is 0 Å². The molecule has 4 rings (SSSR count). The first-order valence-electron chi connectivity index (χ1n) is 10.3. The number of anilines is 1. The van der Waals surface area contributed by atoms with Crippen LogP contribution in [0.2, 0.25) is 0 Å². The number of carbonyl (C=O) groups excluding carboxylic acids is 2. The van der Waals surface area contributed by atoms with Gasteiger partial charge in [0, 0.05) is 5.69 Å². The number of Topliss-reactive ketones (excluding diaryl/α,β-unsaturated/α-hetero) is 1. The number of amides is 1. The number of aliphatic hydroxyl groups is 1. The summed E-state index contributed by atoms with van der Waals surface area (Å²) in [5.41, 5.74) is 3.53. The van der Waals surface area contributed by atoms with Crippen LogP contribution in [0.5, 0.6) is 5.75 Å². The van der Waals surface area contributed by atoms with Gasteiger partial charge in [-0.3, -0.25) is 14.5 Å². The predicted molar refractivity (Wildman–Crippen MR) is 122 cm³/mol. The topological polar surface area (TPSA) is 80.0 Å². The van der Waals surface area contributed by atoms with E-state index in [-0.39, 0.29) is 11.3 Å². The van der Waals surface area contributed by atoms with Crippen LogP contribution in [0.3, 0.4) is 0 Å². The average molecular weight is 431 g/mol. The van der Waals surface area contributed by atoms with Crippen molar-refractivity contribution in [1.82, 2.24) is 0 Å². The van der Waals surface area contributed by atoms with Crippen LogP contribution in [0.1, 0.15) is 39.8 Å². The van der Waals surface area contributed by atoms with Crippen molar-refractivity contribution in [2.45, 2.75) is 33.7 Å². The first-order chi connectivity index (χ1) is 15.2. The number of ether oxygens (including phenoxy) is 1. The Bertz CT molecular complexity index is 1270. The van der Waals surface area contributed by atoms with Crippen molar-refractivity contribution in [1.29, 1.82) is 0 Å². The van der Waals surface area contributed by atoms with Crippen LogP contribution in [0.4, 0.5) is 5.69 Å². The third kappa shape index (κ3) is 3.47. The maximum atomic E-state index is 13.3. The van der Waals surface area contributed by atoms with Gasteiger partial charge in [-0.1, -0.05) is 18.2 Å². The van der Waals surface area contributed by atoms with Gasteiger partial charge in [-0.25, -0.2) is 0 Å². The van der Waals surface area contributed by atoms with Crippen molar-refractivity contribution in [2.75, 3.05) is 12.0 Å². The third-order valence-corrected chi connectivity index (χ3v) is 5.63. The van der Waals surface area contributed by atoms with E-state index in [2.05, 4.69) is 0 Å². The Morgan fingerprint density at radius 3 is 2.38 bits per heavy atom. The van der Waals surface area contributed by atoms with E-state index >= 15 is 0 Å². The molecule has 0 bridgehead atoms. The minimum atomic E-state index is -0.906. The van der Waals surface area contributed by atoms with Gasteiger partial charge < -0.3 is 14.3 Å². The van der Waals surface area contributed by atoms with Crippen LogP contribution in [0.15, 0.2) is 58.5 Å². The Morgan fingerprint density at radius 2 is 1.75 bits per heavy atom. The molecule has 1 N–H and O–H groups in total. The lowest BCUT2D eigenvalue weighted by atomic mass is 9.96. The minimum absolute atomic E-state index is 0.0332. The smallest absolute Gasteiger partial charge is 0.300 e. The summed E-state index contributed by atoms with van der Waals surface area (Å²) in [6.07, 6.45) is 0. The number of ketones is 1. The van der Waals surface area contributed by atoms with Gasteiger partial charge in [-0.15, -0.1) is 0 Å². The number of rotatable bonds is 4. The molecule has 0 saturated carbocycles. The third-order valence-electron chi connectivity index (χ3n) is 5.63. The summed E-state index contributed by atoms with van der Waals surface area (Å²) in [6, 6.07) is 13.6. The van der Waals surface area contributed by atoms with Crippen LogP contribution in [-0.2, 0) is 9.59 Å². The van der Waals surface area contributed by atoms with Gasteiger partial charge in [0.1, 0.15) is 29.1 Å². The summed E-state index contributed by atoms with van der Waals surface area (Å²) in [5, 5.41) is 11.4. The maximum Gasteiger partial charge on any atom is 0.300 e. The molecule has 164 valence electrons. The Balaban J connectivity index is 2.00. The zero-order chi connectivity index (χ0) is 23.2. The van der Waals surface area contributed by atoms with E-state index in [0.717, 1.165) is 16.7 Å². The van der Waals surface area contributed by atoms with E-state index in [4.69, 9.17) is 9.15 Å². The monoisotopic (exact) mass is 431 g/mol. The molecule has 1 aliphatic rings. The molecule has 1 saturated heterocycles. The first-order valence-corrected chi connectivity index (χ1v) is 10.3. The minimum Gasteiger partial charge on any atom is -0.507 e. The molecule has 2 aromatic carbocycles. The van der Waals surface area contributed by atoms with Crippen molar-refractivity contribution < 1.29 is 23.8 Å². The summed E-state index contributed by atoms with van der Waals surface area (Å²) >= 11 is 0. The van der Waals surface area contributed by atoms with Gasteiger partial charge in [0.15, 0.2) is 0 Å². The average Bonchev–Trinajstić information content (AvgIpc) is 3.28. The van der Waals surface area contributed by atoms with Gasteiger partial charge in [0.2, 0.25) is 0 Å². The van der Waals surface area contributed by atoms with Crippen LogP contribution in [0.25, 0.3) is 5.76 Å². The van der Waals surface area contributed by atoms with Gasteiger partial charge >= 0.3 is 0 Å². The molecule has 0 aliphatic carbocycles. The molecule has 1 aliphatic heterocycles. The van der Waals surface area contributed by atoms with Crippen LogP contribution in [0, 0.1) is 27.7 Å². The number of hydrogen-bond acceptors (Lipinski definition) is 5. The second kappa shape index (κ2) is 8.04. The van der Waals surface area contributed by atoms with Crippen molar-refractivity contribution in [3.63, 3.8) is 0 Å². The molecule has 32 heavy (non-hydrogen) atoms. The summed E-state index contributed by atoms with van der Waals surface area (Å²) in [4.78, 5) is 27.8. The number of benzene rings is 2. The second-order valence-electron chi connectivity index (χ2n) is 8.12. The lowest BCUT2D eigenvalue weighted by molar-refractivity contribution is -0.132. The lowest BCUT2D eigenvalue weighted by Crippen LogP contribution is -2.29. The molecule has 3 aromatic rings. The number of methoxy groups -OCH3 is 1. The predicted octanol–water partition coefficient (Wildman–Crippen LogP) is 5.15. The lowest BCUT2D eigenvalue weighted by Gasteiger charge is -2.24. The fourth-order valence-electron chi connectivity index (χ4n) is 4.29. The highest BCUT2D eigenvalue weighted by atomic mass is 16.5. The Hall–Kier alpha value is -3.80. The van der Waals surface area contributed by atoms with Gasteiger partial charge in [-0.05, 0) is 74.7 Å². The number of aryl methyl sites for hydroxylation is 4. The standard InChI is InChI=1S/C26H25NO5/c1-14-7-6-8-18(12-14)27-22(20-10-9-17(4)32-20)21(24(29)26(27)30)23(28)19-13-15(2)11-16(3)25(19)31-5/h6-13,22,28H,1-5H3/b23-21+. The van der Waals surface area contributed by atoms with Crippen molar-refractivity contribution >= 4 is 23.1 Å². The molecule has 6 nitrogen and oxygen atoms in total. The van der Waals surface area contributed by atoms with Crippen molar-refractivity contribution in [3.8, 4) is 5.75 Å². The summed E-state index contributed by atoms with van der Waals surface area (Å²) in [7, 11) is 1.51. The maximum absolute atomic E-state index is 13.3. The second-order valence-corrected chi connectivity index (χ2v) is 8.12. The van der Waals surface area contributed by atoms with E-state index in [9.17, 15) is 14.7 Å². The highest BCUT2D eigenvalue weighted by molar-refractivity contribution is 6.51. The molecule has 0 radical (unpaired) electrons. The summed E-state index contributed by atoms with van der Waals surface area (Å²) in [6.45, 7) is 7.45.